The van der Waals surface area contributed by atoms with E-state index in [9.17, 15) is 13.2 Å². The molecule has 0 aromatic carbocycles. The molecule has 1 aromatic heterocycles. The fourth-order valence-corrected chi connectivity index (χ4v) is 1.18. The molecule has 0 unspecified atom stereocenters. The largest absolute Gasteiger partial charge is 0.473 e. The minimum Gasteiger partial charge on any atom is -0.473 e. The van der Waals surface area contributed by atoms with Gasteiger partial charge in [0.05, 0.1) is 5.69 Å². The van der Waals surface area contributed by atoms with Gasteiger partial charge in [-0.05, 0) is 6.92 Å². The predicted molar refractivity (Wildman–Crippen MR) is 38.4 cm³/mol. The van der Waals surface area contributed by atoms with Crippen molar-refractivity contribution in [2.45, 2.75) is 13.1 Å². The Morgan fingerprint density at radius 1 is 1.58 bits per heavy atom. The van der Waals surface area contributed by atoms with E-state index in [2.05, 4.69) is 9.11 Å². The highest BCUT2D eigenvalue weighted by Gasteiger charge is 2.28. The summed E-state index contributed by atoms with van der Waals surface area (Å²) in [6.07, 6.45) is -4.28. The molecular formula is C6H6F3NOS. The molecule has 0 fully saturated rings. The summed E-state index contributed by atoms with van der Waals surface area (Å²) in [7, 11) is 0. The second kappa shape index (κ2) is 3.30. The van der Waals surface area contributed by atoms with Gasteiger partial charge < -0.3 is 4.74 Å². The number of ether oxygens (including phenoxy) is 1. The third-order valence-corrected chi connectivity index (χ3v) is 1.78. The molecular weight excluding hydrogens is 191 g/mol. The quantitative estimate of drug-likeness (QED) is 0.726. The SMILES string of the molecule is Cc1cc(OCC(F)(F)F)sn1. The molecule has 68 valence electrons. The van der Waals surface area contributed by atoms with Crippen molar-refractivity contribution in [3.63, 3.8) is 0 Å². The van der Waals surface area contributed by atoms with E-state index in [1.54, 1.807) is 6.92 Å². The Labute approximate surface area is 71.1 Å². The van der Waals surface area contributed by atoms with Crippen LogP contribution in [0.25, 0.3) is 0 Å². The number of hydrogen-bond donors (Lipinski definition) is 0. The summed E-state index contributed by atoms with van der Waals surface area (Å²) in [5, 5.41) is 0.199. The maximum Gasteiger partial charge on any atom is 0.422 e. The summed E-state index contributed by atoms with van der Waals surface area (Å²) in [6, 6.07) is 1.47. The lowest BCUT2D eigenvalue weighted by atomic mass is 10.5. The van der Waals surface area contributed by atoms with E-state index in [0.29, 0.717) is 5.69 Å². The van der Waals surface area contributed by atoms with Crippen LogP contribution in [0.15, 0.2) is 6.07 Å². The summed E-state index contributed by atoms with van der Waals surface area (Å²) >= 11 is 0.918. The summed E-state index contributed by atoms with van der Waals surface area (Å²) in [6.45, 7) is 0.436. The number of aromatic nitrogens is 1. The molecule has 2 nitrogen and oxygen atoms in total. The fourth-order valence-electron chi connectivity index (χ4n) is 0.561. The highest BCUT2D eigenvalue weighted by atomic mass is 32.1. The monoisotopic (exact) mass is 197 g/mol. The van der Waals surface area contributed by atoms with Crippen molar-refractivity contribution in [1.82, 2.24) is 4.37 Å². The number of nitrogens with zero attached hydrogens (tertiary/aromatic N) is 1. The standard InChI is InChI=1S/C6H6F3NOS/c1-4-2-5(12-10-4)11-3-6(7,8)9/h2H,3H2,1H3. The van der Waals surface area contributed by atoms with Crippen molar-refractivity contribution in [3.05, 3.63) is 11.8 Å². The van der Waals surface area contributed by atoms with Crippen LogP contribution in [-0.2, 0) is 0 Å². The first kappa shape index (κ1) is 9.31. The van der Waals surface area contributed by atoms with Gasteiger partial charge in [0.2, 0.25) is 0 Å². The number of aryl methyl sites for hydroxylation is 1. The van der Waals surface area contributed by atoms with E-state index in [4.69, 9.17) is 0 Å². The van der Waals surface area contributed by atoms with E-state index >= 15 is 0 Å². The smallest absolute Gasteiger partial charge is 0.422 e. The topological polar surface area (TPSA) is 22.1 Å². The zero-order chi connectivity index (χ0) is 9.19. The van der Waals surface area contributed by atoms with Crippen molar-refractivity contribution in [3.8, 4) is 5.06 Å². The highest BCUT2D eigenvalue weighted by molar-refractivity contribution is 7.07. The minimum atomic E-state index is -4.28. The number of halogens is 3. The molecule has 0 bridgehead atoms. The molecule has 12 heavy (non-hydrogen) atoms. The third kappa shape index (κ3) is 3.08. The summed E-state index contributed by atoms with van der Waals surface area (Å²) in [5.41, 5.74) is 0.664. The van der Waals surface area contributed by atoms with Gasteiger partial charge in [-0.2, -0.15) is 17.5 Å². The maximum atomic E-state index is 11.6. The van der Waals surface area contributed by atoms with E-state index in [1.165, 1.54) is 6.07 Å². The van der Waals surface area contributed by atoms with Crippen LogP contribution in [0.2, 0.25) is 0 Å². The van der Waals surface area contributed by atoms with Gasteiger partial charge in [-0.3, -0.25) is 0 Å². The first-order valence-corrected chi connectivity index (χ1v) is 3.87. The molecule has 0 atom stereocenters. The predicted octanol–water partition coefficient (Wildman–Crippen LogP) is 2.39. The third-order valence-electron chi connectivity index (χ3n) is 0.984. The van der Waals surface area contributed by atoms with Gasteiger partial charge in [0.25, 0.3) is 0 Å². The highest BCUT2D eigenvalue weighted by Crippen LogP contribution is 2.22. The molecule has 0 aliphatic heterocycles. The molecule has 0 N–H and O–H groups in total. The molecule has 0 saturated heterocycles. The number of alkyl halides is 3. The van der Waals surface area contributed by atoms with Gasteiger partial charge in [0.1, 0.15) is 0 Å². The van der Waals surface area contributed by atoms with Crippen LogP contribution < -0.4 is 4.74 Å². The Hall–Kier alpha value is -0.780. The van der Waals surface area contributed by atoms with E-state index in [1.807, 2.05) is 0 Å². The van der Waals surface area contributed by atoms with Gasteiger partial charge in [0.15, 0.2) is 11.7 Å². The molecule has 0 radical (unpaired) electrons. The second-order valence-electron chi connectivity index (χ2n) is 2.19. The maximum absolute atomic E-state index is 11.6. The van der Waals surface area contributed by atoms with Gasteiger partial charge in [-0.1, -0.05) is 0 Å². The second-order valence-corrected chi connectivity index (χ2v) is 2.96. The molecule has 6 heteroatoms. The van der Waals surface area contributed by atoms with Crippen molar-refractivity contribution < 1.29 is 17.9 Å². The fraction of sp³-hybridized carbons (Fsp3) is 0.500. The van der Waals surface area contributed by atoms with E-state index < -0.39 is 12.8 Å². The molecule has 1 rings (SSSR count). The zero-order valence-electron chi connectivity index (χ0n) is 6.18. The lowest BCUT2D eigenvalue weighted by molar-refractivity contribution is -0.152. The van der Waals surface area contributed by atoms with Gasteiger partial charge in [-0.15, -0.1) is 0 Å². The van der Waals surface area contributed by atoms with Crippen LogP contribution in [0.3, 0.4) is 0 Å². The lowest BCUT2D eigenvalue weighted by Gasteiger charge is -2.05. The first-order valence-electron chi connectivity index (χ1n) is 3.10. The average molecular weight is 197 g/mol. The first-order chi connectivity index (χ1) is 5.47. The van der Waals surface area contributed by atoms with E-state index in [-0.39, 0.29) is 5.06 Å². The summed E-state index contributed by atoms with van der Waals surface area (Å²) in [5.74, 6) is 0. The molecule has 0 aliphatic rings. The molecule has 0 amide bonds. The summed E-state index contributed by atoms with van der Waals surface area (Å²) in [4.78, 5) is 0. The van der Waals surface area contributed by atoms with Crippen molar-refractivity contribution in [1.29, 1.82) is 0 Å². The van der Waals surface area contributed by atoms with Gasteiger partial charge in [0, 0.05) is 17.6 Å². The van der Waals surface area contributed by atoms with Crippen LogP contribution in [0.4, 0.5) is 13.2 Å². The summed E-state index contributed by atoms with van der Waals surface area (Å²) < 4.78 is 43.0. The Morgan fingerprint density at radius 2 is 2.25 bits per heavy atom. The van der Waals surface area contributed by atoms with Gasteiger partial charge in [-0.25, -0.2) is 0 Å². The van der Waals surface area contributed by atoms with Crippen molar-refractivity contribution in [2.24, 2.45) is 0 Å². The van der Waals surface area contributed by atoms with Crippen LogP contribution in [0.5, 0.6) is 5.06 Å². The van der Waals surface area contributed by atoms with Crippen LogP contribution in [0, 0.1) is 6.92 Å². The number of hydrogen-bond acceptors (Lipinski definition) is 3. The van der Waals surface area contributed by atoms with Crippen molar-refractivity contribution in [2.75, 3.05) is 6.61 Å². The average Bonchev–Trinajstić information content (AvgIpc) is 2.30. The lowest BCUT2D eigenvalue weighted by Crippen LogP contribution is -2.18. The Balaban J connectivity index is 2.44. The molecule has 0 spiro atoms. The molecule has 1 heterocycles. The van der Waals surface area contributed by atoms with Crippen LogP contribution in [0.1, 0.15) is 5.69 Å². The van der Waals surface area contributed by atoms with E-state index in [0.717, 1.165) is 11.5 Å². The molecule has 0 aliphatic carbocycles. The Kier molecular flexibility index (Phi) is 2.56. The molecule has 0 saturated carbocycles. The van der Waals surface area contributed by atoms with Crippen LogP contribution >= 0.6 is 11.5 Å². The number of rotatable bonds is 2. The Morgan fingerprint density at radius 3 is 2.67 bits per heavy atom. The zero-order valence-corrected chi connectivity index (χ0v) is 7.00. The molecule has 1 aromatic rings. The van der Waals surface area contributed by atoms with Crippen molar-refractivity contribution >= 4 is 11.5 Å². The Bertz CT molecular complexity index is 258. The van der Waals surface area contributed by atoms with Gasteiger partial charge >= 0.3 is 6.18 Å². The van der Waals surface area contributed by atoms with Crippen LogP contribution in [-0.4, -0.2) is 17.2 Å². The minimum absolute atomic E-state index is 0.199. The normalized spacial score (nSPS) is 11.7.